The lowest BCUT2D eigenvalue weighted by molar-refractivity contribution is -0.152. The molecule has 1 aromatic carbocycles. The van der Waals surface area contributed by atoms with Crippen molar-refractivity contribution in [3.63, 3.8) is 0 Å². The maximum Gasteiger partial charge on any atom is 0.316 e. The molecule has 0 spiro atoms. The minimum atomic E-state index is -0.718. The van der Waals surface area contributed by atoms with Gasteiger partial charge in [-0.1, -0.05) is 30.3 Å². The van der Waals surface area contributed by atoms with Crippen molar-refractivity contribution in [3.8, 4) is 0 Å². The fourth-order valence-electron chi connectivity index (χ4n) is 3.31. The van der Waals surface area contributed by atoms with E-state index in [1.165, 1.54) is 14.0 Å². The maximum absolute atomic E-state index is 12.5. The third-order valence-corrected chi connectivity index (χ3v) is 4.62. The Balaban J connectivity index is 2.14. The van der Waals surface area contributed by atoms with Gasteiger partial charge in [0.05, 0.1) is 12.5 Å². The van der Waals surface area contributed by atoms with E-state index >= 15 is 0 Å². The fourth-order valence-corrected chi connectivity index (χ4v) is 3.31. The quantitative estimate of drug-likeness (QED) is 0.842. The summed E-state index contributed by atoms with van der Waals surface area (Å²) in [6.07, 6.45) is 1.00. The van der Waals surface area contributed by atoms with Gasteiger partial charge < -0.3 is 15.0 Å². The zero-order valence-electron chi connectivity index (χ0n) is 14.4. The second-order valence-corrected chi connectivity index (χ2v) is 6.19. The SMILES string of the molecule is COC(=O)C1(c2ccccc2)CCN(C(=O)C(C)NC(C)=O)CC1. The molecule has 0 aliphatic carbocycles. The van der Waals surface area contributed by atoms with Gasteiger partial charge in [0.2, 0.25) is 11.8 Å². The van der Waals surface area contributed by atoms with Crippen LogP contribution < -0.4 is 5.32 Å². The maximum atomic E-state index is 12.5. The van der Waals surface area contributed by atoms with Gasteiger partial charge in [-0.25, -0.2) is 0 Å². The average Bonchev–Trinajstić information content (AvgIpc) is 2.60. The van der Waals surface area contributed by atoms with Crippen LogP contribution in [0, 0.1) is 0 Å². The monoisotopic (exact) mass is 332 g/mol. The molecule has 130 valence electrons. The third kappa shape index (κ3) is 3.58. The molecule has 6 heteroatoms. The molecule has 1 aromatic rings. The van der Waals surface area contributed by atoms with Crippen molar-refractivity contribution in [1.29, 1.82) is 0 Å². The molecule has 1 aliphatic heterocycles. The molecule has 2 amide bonds. The largest absolute Gasteiger partial charge is 0.468 e. The number of rotatable bonds is 4. The van der Waals surface area contributed by atoms with Gasteiger partial charge in [0.15, 0.2) is 0 Å². The molecule has 1 unspecified atom stereocenters. The Morgan fingerprint density at radius 2 is 1.75 bits per heavy atom. The van der Waals surface area contributed by atoms with Gasteiger partial charge in [0, 0.05) is 20.0 Å². The standard InChI is InChI=1S/C18H24N2O4/c1-13(19-14(2)21)16(22)20-11-9-18(10-12-20,17(23)24-3)15-7-5-4-6-8-15/h4-8,13H,9-12H2,1-3H3,(H,19,21). The number of hydrogen-bond donors (Lipinski definition) is 1. The Kier molecular flexibility index (Phi) is 5.59. The lowest BCUT2D eigenvalue weighted by Crippen LogP contribution is -2.53. The van der Waals surface area contributed by atoms with Gasteiger partial charge in [-0.2, -0.15) is 0 Å². The first-order valence-electron chi connectivity index (χ1n) is 8.10. The Labute approximate surface area is 142 Å². The van der Waals surface area contributed by atoms with Crippen LogP contribution in [-0.4, -0.2) is 48.9 Å². The zero-order valence-corrected chi connectivity index (χ0v) is 14.4. The number of ether oxygens (including phenoxy) is 1. The van der Waals surface area contributed by atoms with E-state index in [9.17, 15) is 14.4 Å². The summed E-state index contributed by atoms with van der Waals surface area (Å²) in [5.74, 6) is -0.631. The number of piperidine rings is 1. The smallest absolute Gasteiger partial charge is 0.316 e. The molecule has 1 heterocycles. The third-order valence-electron chi connectivity index (χ3n) is 4.62. The van der Waals surface area contributed by atoms with Crippen molar-refractivity contribution < 1.29 is 19.1 Å². The predicted molar refractivity (Wildman–Crippen MR) is 89.2 cm³/mol. The molecule has 1 atom stereocenters. The van der Waals surface area contributed by atoms with Gasteiger partial charge in [-0.05, 0) is 25.3 Å². The van der Waals surface area contributed by atoms with E-state index in [0.717, 1.165) is 5.56 Å². The van der Waals surface area contributed by atoms with Gasteiger partial charge in [0.1, 0.15) is 6.04 Å². The van der Waals surface area contributed by atoms with E-state index in [-0.39, 0.29) is 17.8 Å². The van der Waals surface area contributed by atoms with Crippen molar-refractivity contribution in [2.24, 2.45) is 0 Å². The Morgan fingerprint density at radius 3 is 2.25 bits per heavy atom. The van der Waals surface area contributed by atoms with Crippen molar-refractivity contribution in [2.45, 2.75) is 38.1 Å². The first-order valence-corrected chi connectivity index (χ1v) is 8.10. The zero-order chi connectivity index (χ0) is 17.7. The summed E-state index contributed by atoms with van der Waals surface area (Å²) in [6, 6.07) is 8.99. The summed E-state index contributed by atoms with van der Waals surface area (Å²) in [7, 11) is 1.39. The Bertz CT molecular complexity index is 607. The summed E-state index contributed by atoms with van der Waals surface area (Å²) >= 11 is 0. The molecular formula is C18H24N2O4. The van der Waals surface area contributed by atoms with E-state index < -0.39 is 11.5 Å². The van der Waals surface area contributed by atoms with Gasteiger partial charge in [-0.15, -0.1) is 0 Å². The van der Waals surface area contributed by atoms with E-state index in [1.807, 2.05) is 30.3 Å². The van der Waals surface area contributed by atoms with Crippen LogP contribution in [0.15, 0.2) is 30.3 Å². The van der Waals surface area contributed by atoms with Crippen molar-refractivity contribution >= 4 is 17.8 Å². The van der Waals surface area contributed by atoms with E-state index in [2.05, 4.69) is 5.32 Å². The number of esters is 1. The molecule has 0 aromatic heterocycles. The van der Waals surface area contributed by atoms with Crippen LogP contribution in [0.1, 0.15) is 32.3 Å². The highest BCUT2D eigenvalue weighted by Crippen LogP contribution is 2.36. The number of likely N-dealkylation sites (tertiary alicyclic amines) is 1. The summed E-state index contributed by atoms with van der Waals surface area (Å²) < 4.78 is 5.04. The summed E-state index contributed by atoms with van der Waals surface area (Å²) in [6.45, 7) is 3.96. The molecule has 0 radical (unpaired) electrons. The van der Waals surface area contributed by atoms with Crippen LogP contribution in [0.2, 0.25) is 0 Å². The number of methoxy groups -OCH3 is 1. The molecule has 1 aliphatic rings. The second-order valence-electron chi connectivity index (χ2n) is 6.19. The predicted octanol–water partition coefficient (Wildman–Crippen LogP) is 1.24. The molecule has 1 N–H and O–H groups in total. The minimum absolute atomic E-state index is 0.128. The number of hydrogen-bond acceptors (Lipinski definition) is 4. The highest BCUT2D eigenvalue weighted by atomic mass is 16.5. The number of nitrogens with zero attached hydrogens (tertiary/aromatic N) is 1. The lowest BCUT2D eigenvalue weighted by atomic mass is 9.72. The fraction of sp³-hybridized carbons (Fsp3) is 0.500. The van der Waals surface area contributed by atoms with Crippen LogP contribution in [0.4, 0.5) is 0 Å². The van der Waals surface area contributed by atoms with Crippen molar-refractivity contribution in [2.75, 3.05) is 20.2 Å². The average molecular weight is 332 g/mol. The molecule has 1 saturated heterocycles. The normalized spacial score (nSPS) is 17.7. The van der Waals surface area contributed by atoms with E-state index in [4.69, 9.17) is 4.74 Å². The Morgan fingerprint density at radius 1 is 1.17 bits per heavy atom. The number of carbonyl (C=O) groups is 3. The number of amides is 2. The molecule has 0 bridgehead atoms. The molecular weight excluding hydrogens is 308 g/mol. The number of nitrogens with one attached hydrogen (secondary N) is 1. The van der Waals surface area contributed by atoms with Crippen molar-refractivity contribution in [1.82, 2.24) is 10.2 Å². The number of benzene rings is 1. The van der Waals surface area contributed by atoms with Gasteiger partial charge in [-0.3, -0.25) is 14.4 Å². The van der Waals surface area contributed by atoms with Crippen LogP contribution in [0.3, 0.4) is 0 Å². The summed E-state index contributed by atoms with van der Waals surface area (Å²) in [5, 5.41) is 2.60. The molecule has 2 rings (SSSR count). The Hall–Kier alpha value is -2.37. The first-order chi connectivity index (χ1) is 11.4. The molecule has 1 fully saturated rings. The van der Waals surface area contributed by atoms with E-state index in [0.29, 0.717) is 25.9 Å². The van der Waals surface area contributed by atoms with Crippen LogP contribution in [-0.2, 0) is 24.5 Å². The first kappa shape index (κ1) is 18.0. The van der Waals surface area contributed by atoms with Crippen LogP contribution in [0.25, 0.3) is 0 Å². The highest BCUT2D eigenvalue weighted by Gasteiger charge is 2.45. The summed E-state index contributed by atoms with van der Waals surface area (Å²) in [5.41, 5.74) is 0.197. The van der Waals surface area contributed by atoms with Crippen LogP contribution >= 0.6 is 0 Å². The number of carbonyl (C=O) groups excluding carboxylic acids is 3. The van der Waals surface area contributed by atoms with Crippen molar-refractivity contribution in [3.05, 3.63) is 35.9 Å². The van der Waals surface area contributed by atoms with Crippen LogP contribution in [0.5, 0.6) is 0 Å². The van der Waals surface area contributed by atoms with E-state index in [1.54, 1.807) is 11.8 Å². The second kappa shape index (κ2) is 7.47. The van der Waals surface area contributed by atoms with Gasteiger partial charge in [0.25, 0.3) is 0 Å². The molecule has 0 saturated carbocycles. The van der Waals surface area contributed by atoms with Gasteiger partial charge >= 0.3 is 5.97 Å². The highest BCUT2D eigenvalue weighted by molar-refractivity contribution is 5.87. The molecule has 6 nitrogen and oxygen atoms in total. The molecule has 24 heavy (non-hydrogen) atoms. The topological polar surface area (TPSA) is 75.7 Å². The summed E-state index contributed by atoms with van der Waals surface area (Å²) in [4.78, 5) is 37.7. The lowest BCUT2D eigenvalue weighted by Gasteiger charge is -2.40. The minimum Gasteiger partial charge on any atom is -0.468 e.